The maximum Gasteiger partial charge on any atom is 0.242 e. The number of ketones is 1. The van der Waals surface area contributed by atoms with Gasteiger partial charge in [-0.05, 0) is 18.2 Å². The second-order valence-corrected chi connectivity index (χ2v) is 6.39. The molecule has 7 heteroatoms. The molecule has 1 rings (SSSR count). The third-order valence-corrected chi connectivity index (χ3v) is 4.59. The number of rotatable bonds is 4. The third-order valence-electron chi connectivity index (χ3n) is 2.16. The van der Waals surface area contributed by atoms with E-state index in [1.54, 1.807) is 0 Å². The number of Topliss-reactive ketones (excluding diaryl/α,β-unsaturated/α-hetero) is 1. The molecule has 0 unspecified atom stereocenters. The van der Waals surface area contributed by atoms with Gasteiger partial charge >= 0.3 is 0 Å². The van der Waals surface area contributed by atoms with Crippen LogP contribution in [0.3, 0.4) is 0 Å². The molecular formula is C10H12ClNO3S2. The summed E-state index contributed by atoms with van der Waals surface area (Å²) >= 11 is 9.69. The van der Waals surface area contributed by atoms with E-state index in [2.05, 4.69) is 12.6 Å². The van der Waals surface area contributed by atoms with E-state index in [0.29, 0.717) is 0 Å². The van der Waals surface area contributed by atoms with Gasteiger partial charge < -0.3 is 0 Å². The van der Waals surface area contributed by atoms with Crippen molar-refractivity contribution in [2.75, 3.05) is 19.8 Å². The maximum atomic E-state index is 11.9. The summed E-state index contributed by atoms with van der Waals surface area (Å²) in [4.78, 5) is 11.6. The lowest BCUT2D eigenvalue weighted by molar-refractivity contribution is 0.102. The minimum absolute atomic E-state index is 0.0226. The molecule has 0 aliphatic rings. The van der Waals surface area contributed by atoms with Gasteiger partial charge in [0.25, 0.3) is 0 Å². The average molecular weight is 294 g/mol. The number of sulfonamides is 1. The third kappa shape index (κ3) is 3.01. The van der Waals surface area contributed by atoms with E-state index in [9.17, 15) is 13.2 Å². The van der Waals surface area contributed by atoms with Crippen molar-refractivity contribution in [3.8, 4) is 0 Å². The summed E-state index contributed by atoms with van der Waals surface area (Å²) in [5.74, 6) is -0.334. The predicted molar refractivity (Wildman–Crippen MR) is 70.5 cm³/mol. The van der Waals surface area contributed by atoms with Gasteiger partial charge in [0.1, 0.15) is 0 Å². The van der Waals surface area contributed by atoms with Crippen LogP contribution < -0.4 is 0 Å². The standard InChI is InChI=1S/C10H12ClNO3S2/c1-12(2)17(14,15)7-3-4-9(11)8(5-7)10(13)6-16/h3-5,16H,6H2,1-2H3. The predicted octanol–water partition coefficient (Wildman–Crippen LogP) is 1.70. The number of carbonyl (C=O) groups excluding carboxylic acids is 1. The molecule has 0 radical (unpaired) electrons. The largest absolute Gasteiger partial charge is 0.293 e. The number of hydrogen-bond donors (Lipinski definition) is 1. The minimum atomic E-state index is -3.56. The van der Waals surface area contributed by atoms with E-state index in [0.717, 1.165) is 4.31 Å². The van der Waals surface area contributed by atoms with Crippen LogP contribution in [-0.4, -0.2) is 38.4 Å². The zero-order valence-electron chi connectivity index (χ0n) is 9.34. The fourth-order valence-corrected chi connectivity index (χ4v) is 2.50. The summed E-state index contributed by atoms with van der Waals surface area (Å²) in [6.07, 6.45) is 0. The molecule has 0 aliphatic heterocycles. The molecular weight excluding hydrogens is 282 g/mol. The number of thiol groups is 1. The van der Waals surface area contributed by atoms with Gasteiger partial charge in [-0.3, -0.25) is 4.79 Å². The van der Waals surface area contributed by atoms with Crippen LogP contribution in [0, 0.1) is 0 Å². The Morgan fingerprint density at radius 3 is 2.47 bits per heavy atom. The molecule has 17 heavy (non-hydrogen) atoms. The fourth-order valence-electron chi connectivity index (χ4n) is 1.17. The van der Waals surface area contributed by atoms with E-state index in [1.807, 2.05) is 0 Å². The van der Waals surface area contributed by atoms with Gasteiger partial charge in [-0.2, -0.15) is 12.6 Å². The van der Waals surface area contributed by atoms with Gasteiger partial charge in [-0.15, -0.1) is 0 Å². The lowest BCUT2D eigenvalue weighted by Crippen LogP contribution is -2.22. The molecule has 0 bridgehead atoms. The molecule has 94 valence electrons. The fraction of sp³-hybridized carbons (Fsp3) is 0.300. The molecule has 4 nitrogen and oxygen atoms in total. The van der Waals surface area contributed by atoms with Crippen LogP contribution in [0.25, 0.3) is 0 Å². The molecule has 0 heterocycles. The Balaban J connectivity index is 3.37. The molecule has 0 saturated heterocycles. The first-order chi connectivity index (χ1) is 7.80. The molecule has 0 atom stereocenters. The van der Waals surface area contributed by atoms with E-state index in [4.69, 9.17) is 11.6 Å². The van der Waals surface area contributed by atoms with Crippen LogP contribution in [0.5, 0.6) is 0 Å². The summed E-state index contributed by atoms with van der Waals surface area (Å²) in [5, 5.41) is 0.224. The average Bonchev–Trinajstić information content (AvgIpc) is 2.28. The van der Waals surface area contributed by atoms with E-state index in [1.165, 1.54) is 32.3 Å². The maximum absolute atomic E-state index is 11.9. The first-order valence-electron chi connectivity index (χ1n) is 4.67. The summed E-state index contributed by atoms with van der Waals surface area (Å²) in [7, 11) is -0.719. The highest BCUT2D eigenvalue weighted by Crippen LogP contribution is 2.22. The zero-order chi connectivity index (χ0) is 13.2. The molecule has 0 aliphatic carbocycles. The molecule has 0 fully saturated rings. The monoisotopic (exact) mass is 293 g/mol. The SMILES string of the molecule is CN(C)S(=O)(=O)c1ccc(Cl)c(C(=O)CS)c1. The Labute approximate surface area is 111 Å². The molecule has 0 aromatic heterocycles. The number of benzene rings is 1. The Hall–Kier alpha value is -0.560. The molecule has 0 saturated carbocycles. The smallest absolute Gasteiger partial charge is 0.242 e. The van der Waals surface area contributed by atoms with Crippen molar-refractivity contribution in [3.05, 3.63) is 28.8 Å². The van der Waals surface area contributed by atoms with E-state index in [-0.39, 0.29) is 27.0 Å². The van der Waals surface area contributed by atoms with Crippen LogP contribution in [0.2, 0.25) is 5.02 Å². The summed E-state index contributed by atoms with van der Waals surface area (Å²) in [6.45, 7) is 0. The molecule has 1 aromatic rings. The number of hydrogen-bond acceptors (Lipinski definition) is 4. The van der Waals surface area contributed by atoms with Crippen molar-refractivity contribution in [2.45, 2.75) is 4.90 Å². The lowest BCUT2D eigenvalue weighted by atomic mass is 10.1. The summed E-state index contributed by atoms with van der Waals surface area (Å²) in [5.41, 5.74) is 0.171. The summed E-state index contributed by atoms with van der Waals surface area (Å²) in [6, 6.07) is 4.04. The normalized spacial score (nSPS) is 11.8. The van der Waals surface area contributed by atoms with Gasteiger partial charge in [0.15, 0.2) is 5.78 Å². The topological polar surface area (TPSA) is 54.5 Å². The molecule has 0 amide bonds. The Kier molecular flexibility index (Phi) is 4.60. The minimum Gasteiger partial charge on any atom is -0.293 e. The van der Waals surface area contributed by atoms with Crippen LogP contribution in [0.1, 0.15) is 10.4 Å². The highest BCUT2D eigenvalue weighted by atomic mass is 35.5. The van der Waals surface area contributed by atoms with Gasteiger partial charge in [0.2, 0.25) is 10.0 Å². The Morgan fingerprint density at radius 1 is 1.41 bits per heavy atom. The zero-order valence-corrected chi connectivity index (χ0v) is 11.8. The first-order valence-corrected chi connectivity index (χ1v) is 7.12. The van der Waals surface area contributed by atoms with Crippen molar-refractivity contribution < 1.29 is 13.2 Å². The highest BCUT2D eigenvalue weighted by molar-refractivity contribution is 7.89. The number of halogens is 1. The van der Waals surface area contributed by atoms with Crippen molar-refractivity contribution in [3.63, 3.8) is 0 Å². The molecule has 0 spiro atoms. The number of carbonyl (C=O) groups is 1. The number of nitrogens with zero attached hydrogens (tertiary/aromatic N) is 1. The van der Waals surface area contributed by atoms with E-state index < -0.39 is 10.0 Å². The van der Waals surface area contributed by atoms with Crippen LogP contribution in [-0.2, 0) is 10.0 Å². The van der Waals surface area contributed by atoms with E-state index >= 15 is 0 Å². The van der Waals surface area contributed by atoms with Crippen LogP contribution >= 0.6 is 24.2 Å². The van der Waals surface area contributed by atoms with Crippen molar-refractivity contribution >= 4 is 40.0 Å². The first kappa shape index (κ1) is 14.5. The molecule has 0 N–H and O–H groups in total. The lowest BCUT2D eigenvalue weighted by Gasteiger charge is -2.12. The Bertz CT molecular complexity index is 540. The van der Waals surface area contributed by atoms with Gasteiger partial charge in [-0.25, -0.2) is 12.7 Å². The Morgan fingerprint density at radius 2 is 2.00 bits per heavy atom. The van der Waals surface area contributed by atoms with Crippen molar-refractivity contribution in [2.24, 2.45) is 0 Å². The van der Waals surface area contributed by atoms with Crippen molar-refractivity contribution in [1.29, 1.82) is 0 Å². The highest BCUT2D eigenvalue weighted by Gasteiger charge is 2.20. The summed E-state index contributed by atoms with van der Waals surface area (Å²) < 4.78 is 24.8. The van der Waals surface area contributed by atoms with Gasteiger partial charge in [-0.1, -0.05) is 11.6 Å². The van der Waals surface area contributed by atoms with Crippen molar-refractivity contribution in [1.82, 2.24) is 4.31 Å². The van der Waals surface area contributed by atoms with Gasteiger partial charge in [0, 0.05) is 19.7 Å². The molecule has 1 aromatic carbocycles. The van der Waals surface area contributed by atoms with Crippen LogP contribution in [0.15, 0.2) is 23.1 Å². The second kappa shape index (κ2) is 5.39. The second-order valence-electron chi connectivity index (χ2n) is 3.51. The quantitative estimate of drug-likeness (QED) is 0.679. The van der Waals surface area contributed by atoms with Gasteiger partial charge in [0.05, 0.1) is 15.7 Å². The van der Waals surface area contributed by atoms with Crippen LogP contribution in [0.4, 0.5) is 0 Å².